The van der Waals surface area contributed by atoms with Crippen molar-refractivity contribution in [2.75, 3.05) is 0 Å². The lowest BCUT2D eigenvalue weighted by molar-refractivity contribution is 0.449. The summed E-state index contributed by atoms with van der Waals surface area (Å²) in [6.07, 6.45) is 4.44. The SMILES string of the molecule is CCc1nnc(Oc2cncc(Cl)c2)c(C#N)c1CC. The summed E-state index contributed by atoms with van der Waals surface area (Å²) in [5, 5.41) is 17.9. The highest BCUT2D eigenvalue weighted by molar-refractivity contribution is 6.30. The van der Waals surface area contributed by atoms with Gasteiger partial charge in [0.25, 0.3) is 5.88 Å². The Bertz CT molecular complexity index is 667. The van der Waals surface area contributed by atoms with Gasteiger partial charge in [0.05, 0.1) is 16.9 Å². The molecule has 0 aliphatic heterocycles. The maximum atomic E-state index is 9.34. The van der Waals surface area contributed by atoms with E-state index in [1.807, 2.05) is 13.8 Å². The van der Waals surface area contributed by atoms with Crippen LogP contribution in [0.15, 0.2) is 18.5 Å². The molecular formula is C14H13ClN4O. The van der Waals surface area contributed by atoms with Crippen LogP contribution in [0.5, 0.6) is 11.6 Å². The molecule has 0 saturated carbocycles. The molecule has 0 unspecified atom stereocenters. The third-order valence-corrected chi connectivity index (χ3v) is 3.03. The first kappa shape index (κ1) is 14.2. The fourth-order valence-corrected chi connectivity index (χ4v) is 2.06. The molecule has 0 saturated heterocycles. The molecule has 0 fully saturated rings. The average molecular weight is 289 g/mol. The number of ether oxygens (including phenoxy) is 1. The number of nitrogens with zero attached hydrogens (tertiary/aromatic N) is 4. The van der Waals surface area contributed by atoms with Gasteiger partial charge in [0.15, 0.2) is 0 Å². The van der Waals surface area contributed by atoms with Crippen LogP contribution in [0.1, 0.15) is 30.7 Å². The van der Waals surface area contributed by atoms with Crippen LogP contribution in [-0.2, 0) is 12.8 Å². The van der Waals surface area contributed by atoms with Crippen molar-refractivity contribution in [3.63, 3.8) is 0 Å². The zero-order chi connectivity index (χ0) is 14.5. The van der Waals surface area contributed by atoms with Gasteiger partial charge >= 0.3 is 0 Å². The quantitative estimate of drug-likeness (QED) is 0.863. The molecule has 0 radical (unpaired) electrons. The number of hydrogen-bond acceptors (Lipinski definition) is 5. The smallest absolute Gasteiger partial charge is 0.257 e. The van der Waals surface area contributed by atoms with Gasteiger partial charge in [-0.15, -0.1) is 5.10 Å². The number of rotatable bonds is 4. The van der Waals surface area contributed by atoms with Gasteiger partial charge in [-0.25, -0.2) is 0 Å². The minimum absolute atomic E-state index is 0.186. The summed E-state index contributed by atoms with van der Waals surface area (Å²) in [4.78, 5) is 3.92. The summed E-state index contributed by atoms with van der Waals surface area (Å²) in [5.74, 6) is 0.611. The van der Waals surface area contributed by atoms with Crippen LogP contribution in [0.4, 0.5) is 0 Å². The van der Waals surface area contributed by atoms with Crippen molar-refractivity contribution in [2.24, 2.45) is 0 Å². The molecule has 0 N–H and O–H groups in total. The average Bonchev–Trinajstić information content (AvgIpc) is 2.46. The lowest BCUT2D eigenvalue weighted by Gasteiger charge is -2.10. The second kappa shape index (κ2) is 6.31. The van der Waals surface area contributed by atoms with Gasteiger partial charge in [-0.2, -0.15) is 10.4 Å². The molecule has 2 heterocycles. The zero-order valence-electron chi connectivity index (χ0n) is 11.2. The van der Waals surface area contributed by atoms with Crippen molar-refractivity contribution in [2.45, 2.75) is 26.7 Å². The Morgan fingerprint density at radius 2 is 2.05 bits per heavy atom. The van der Waals surface area contributed by atoms with E-state index in [1.54, 1.807) is 6.07 Å². The van der Waals surface area contributed by atoms with Gasteiger partial charge in [-0.3, -0.25) is 4.98 Å². The van der Waals surface area contributed by atoms with Crippen molar-refractivity contribution >= 4 is 11.6 Å². The van der Waals surface area contributed by atoms with E-state index >= 15 is 0 Å². The van der Waals surface area contributed by atoms with Crippen LogP contribution < -0.4 is 4.74 Å². The number of pyridine rings is 1. The lowest BCUT2D eigenvalue weighted by Crippen LogP contribution is -2.05. The maximum Gasteiger partial charge on any atom is 0.257 e. The highest BCUT2D eigenvalue weighted by Crippen LogP contribution is 2.27. The first-order chi connectivity index (χ1) is 9.69. The predicted molar refractivity (Wildman–Crippen MR) is 74.8 cm³/mol. The predicted octanol–water partition coefficient (Wildman–Crippen LogP) is 3.31. The molecule has 0 aliphatic carbocycles. The van der Waals surface area contributed by atoms with Gasteiger partial charge in [0.1, 0.15) is 17.4 Å². The van der Waals surface area contributed by atoms with Crippen molar-refractivity contribution in [1.29, 1.82) is 5.26 Å². The molecule has 0 aliphatic rings. The van der Waals surface area contributed by atoms with Gasteiger partial charge in [0.2, 0.25) is 0 Å². The van der Waals surface area contributed by atoms with Gasteiger partial charge in [-0.05, 0) is 18.4 Å². The molecule has 0 atom stereocenters. The number of aryl methyl sites for hydroxylation is 1. The molecule has 0 bridgehead atoms. The molecule has 0 amide bonds. The van der Waals surface area contributed by atoms with Crippen LogP contribution in [0.3, 0.4) is 0 Å². The van der Waals surface area contributed by atoms with Crippen molar-refractivity contribution < 1.29 is 4.74 Å². The van der Waals surface area contributed by atoms with Crippen LogP contribution >= 0.6 is 11.6 Å². The van der Waals surface area contributed by atoms with E-state index in [2.05, 4.69) is 21.3 Å². The van der Waals surface area contributed by atoms with Crippen LogP contribution in [0, 0.1) is 11.3 Å². The Hall–Kier alpha value is -2.19. The first-order valence-corrected chi connectivity index (χ1v) is 6.64. The van der Waals surface area contributed by atoms with Gasteiger partial charge in [0, 0.05) is 12.3 Å². The van der Waals surface area contributed by atoms with Crippen LogP contribution in [-0.4, -0.2) is 15.2 Å². The van der Waals surface area contributed by atoms with Crippen molar-refractivity contribution in [3.8, 4) is 17.7 Å². The third-order valence-electron chi connectivity index (χ3n) is 2.82. The van der Waals surface area contributed by atoms with E-state index in [9.17, 15) is 5.26 Å². The molecule has 2 aromatic rings. The van der Waals surface area contributed by atoms with Crippen molar-refractivity contribution in [1.82, 2.24) is 15.2 Å². The zero-order valence-corrected chi connectivity index (χ0v) is 12.0. The molecule has 0 spiro atoms. The minimum atomic E-state index is 0.186. The Labute approximate surface area is 122 Å². The Balaban J connectivity index is 2.45. The maximum absolute atomic E-state index is 9.34. The van der Waals surface area contributed by atoms with E-state index in [0.717, 1.165) is 17.7 Å². The van der Waals surface area contributed by atoms with Gasteiger partial charge < -0.3 is 4.74 Å². The molecule has 2 rings (SSSR count). The van der Waals surface area contributed by atoms with E-state index < -0.39 is 0 Å². The largest absolute Gasteiger partial charge is 0.435 e. The molecule has 6 heteroatoms. The molecule has 102 valence electrons. The fraction of sp³-hybridized carbons (Fsp3) is 0.286. The van der Waals surface area contributed by atoms with E-state index in [1.165, 1.54) is 12.4 Å². The number of nitriles is 1. The summed E-state index contributed by atoms with van der Waals surface area (Å²) in [7, 11) is 0. The van der Waals surface area contributed by atoms with Crippen molar-refractivity contribution in [3.05, 3.63) is 40.3 Å². The second-order valence-electron chi connectivity index (χ2n) is 4.07. The number of aromatic nitrogens is 3. The molecule has 2 aromatic heterocycles. The summed E-state index contributed by atoms with van der Waals surface area (Å²) < 4.78 is 5.58. The first-order valence-electron chi connectivity index (χ1n) is 6.26. The normalized spacial score (nSPS) is 10.1. The molecule has 0 aromatic carbocycles. The summed E-state index contributed by atoms with van der Waals surface area (Å²) in [6.45, 7) is 3.95. The molecular weight excluding hydrogens is 276 g/mol. The van der Waals surface area contributed by atoms with Crippen LogP contribution in [0.25, 0.3) is 0 Å². The Morgan fingerprint density at radius 3 is 2.65 bits per heavy atom. The molecule has 5 nitrogen and oxygen atoms in total. The summed E-state index contributed by atoms with van der Waals surface area (Å²) >= 11 is 5.85. The number of hydrogen-bond donors (Lipinski definition) is 0. The lowest BCUT2D eigenvalue weighted by atomic mass is 10.0. The molecule has 20 heavy (non-hydrogen) atoms. The highest BCUT2D eigenvalue weighted by Gasteiger charge is 2.16. The van der Waals surface area contributed by atoms with Gasteiger partial charge in [-0.1, -0.05) is 25.4 Å². The highest BCUT2D eigenvalue weighted by atomic mass is 35.5. The monoisotopic (exact) mass is 288 g/mol. The van der Waals surface area contributed by atoms with Crippen LogP contribution in [0.2, 0.25) is 5.02 Å². The third kappa shape index (κ3) is 2.86. The number of halogens is 1. The summed E-state index contributed by atoms with van der Waals surface area (Å²) in [6, 6.07) is 3.75. The van der Waals surface area contributed by atoms with E-state index in [-0.39, 0.29) is 5.88 Å². The van der Waals surface area contributed by atoms with E-state index in [0.29, 0.717) is 22.8 Å². The topological polar surface area (TPSA) is 71.7 Å². The minimum Gasteiger partial charge on any atom is -0.435 e. The fourth-order valence-electron chi connectivity index (χ4n) is 1.90. The standard InChI is InChI=1S/C14H13ClN4O/c1-3-11-12(6-16)14(19-18-13(11)4-2)20-10-5-9(15)7-17-8-10/h5,7-8H,3-4H2,1-2H3. The van der Waals surface area contributed by atoms with E-state index in [4.69, 9.17) is 16.3 Å². The summed E-state index contributed by atoms with van der Waals surface area (Å²) in [5.41, 5.74) is 2.11. The Kier molecular flexibility index (Phi) is 4.49. The second-order valence-corrected chi connectivity index (χ2v) is 4.50. The Morgan fingerprint density at radius 1 is 1.25 bits per heavy atom.